The normalized spacial score (nSPS) is 11.7. The number of amides is 2. The van der Waals surface area contributed by atoms with E-state index in [4.69, 9.17) is 4.74 Å². The maximum Gasteiger partial charge on any atom is 0.328 e. The zero-order chi connectivity index (χ0) is 36.9. The highest BCUT2D eigenvalue weighted by atomic mass is 16.5. The van der Waals surface area contributed by atoms with Crippen LogP contribution >= 0.6 is 0 Å². The van der Waals surface area contributed by atoms with Gasteiger partial charge in [-0.2, -0.15) is 0 Å². The molecule has 2 N–H and O–H groups in total. The lowest BCUT2D eigenvalue weighted by Crippen LogP contribution is -2.42. The highest BCUT2D eigenvalue weighted by Crippen LogP contribution is 2.13. The van der Waals surface area contributed by atoms with Crippen molar-refractivity contribution in [3.63, 3.8) is 0 Å². The molecule has 1 aromatic rings. The molecular formula is C44H80N3O4+. The van der Waals surface area contributed by atoms with Gasteiger partial charge in [-0.25, -0.2) is 9.36 Å². The number of unbranched alkanes of at least 4 members (excludes halogenated alkanes) is 23. The van der Waals surface area contributed by atoms with E-state index in [0.29, 0.717) is 32.4 Å². The van der Waals surface area contributed by atoms with Crippen molar-refractivity contribution in [2.75, 3.05) is 13.2 Å². The van der Waals surface area contributed by atoms with Gasteiger partial charge in [-0.05, 0) is 44.9 Å². The second-order valence-electron chi connectivity index (χ2n) is 14.9. The molecule has 7 heteroatoms. The minimum absolute atomic E-state index is 0.0569. The quantitative estimate of drug-likeness (QED) is 0.0408. The smallest absolute Gasteiger partial charge is 0.328 e. The molecule has 0 radical (unpaired) electrons. The molecule has 1 heterocycles. The van der Waals surface area contributed by atoms with Gasteiger partial charge < -0.3 is 15.4 Å². The van der Waals surface area contributed by atoms with Crippen molar-refractivity contribution in [3.05, 3.63) is 30.6 Å². The van der Waals surface area contributed by atoms with E-state index >= 15 is 0 Å². The summed E-state index contributed by atoms with van der Waals surface area (Å²) in [6.45, 7) is 6.59. The molecule has 1 rings (SSSR count). The van der Waals surface area contributed by atoms with Crippen molar-refractivity contribution in [2.45, 2.75) is 219 Å². The lowest BCUT2D eigenvalue weighted by Gasteiger charge is -2.18. The summed E-state index contributed by atoms with van der Waals surface area (Å²) in [5.74, 6) is -0.250. The maximum absolute atomic E-state index is 13.0. The Morgan fingerprint density at radius 3 is 1.55 bits per heavy atom. The molecule has 294 valence electrons. The summed E-state index contributed by atoms with van der Waals surface area (Å²) >= 11 is 0. The molecule has 1 unspecified atom stereocenters. The fourth-order valence-corrected chi connectivity index (χ4v) is 6.63. The molecule has 0 saturated heterocycles. The molecule has 0 spiro atoms. The van der Waals surface area contributed by atoms with Gasteiger partial charge in [0.1, 0.15) is 12.6 Å². The molecule has 1 atom stereocenters. The molecule has 0 aliphatic heterocycles. The predicted molar refractivity (Wildman–Crippen MR) is 212 cm³/mol. The summed E-state index contributed by atoms with van der Waals surface area (Å²) in [5.41, 5.74) is 0. The highest BCUT2D eigenvalue weighted by Gasteiger charge is 2.21. The van der Waals surface area contributed by atoms with E-state index in [9.17, 15) is 14.4 Å². The Hall–Kier alpha value is -2.44. The highest BCUT2D eigenvalue weighted by molar-refractivity contribution is 5.84. The van der Waals surface area contributed by atoms with Crippen LogP contribution in [0.15, 0.2) is 30.6 Å². The summed E-state index contributed by atoms with van der Waals surface area (Å²) in [6.07, 6.45) is 37.4. The molecule has 0 fully saturated rings. The third-order valence-corrected chi connectivity index (χ3v) is 9.96. The number of pyridine rings is 1. The Bertz CT molecular complexity index is 942. The minimum Gasteiger partial charge on any atom is -0.464 e. The largest absolute Gasteiger partial charge is 0.464 e. The minimum atomic E-state index is -0.611. The molecule has 0 aromatic carbocycles. The first kappa shape index (κ1) is 46.6. The zero-order valence-electron chi connectivity index (χ0n) is 33.4. The van der Waals surface area contributed by atoms with Gasteiger partial charge in [0.15, 0.2) is 12.4 Å². The van der Waals surface area contributed by atoms with Crippen LogP contribution in [0.2, 0.25) is 0 Å². The topological polar surface area (TPSA) is 88.4 Å². The number of hydrogen-bond acceptors (Lipinski definition) is 4. The number of rotatable bonds is 37. The van der Waals surface area contributed by atoms with E-state index < -0.39 is 6.04 Å². The van der Waals surface area contributed by atoms with E-state index in [0.717, 1.165) is 64.3 Å². The number of nitrogens with one attached hydrogen (secondary N) is 2. The van der Waals surface area contributed by atoms with Gasteiger partial charge in [-0.15, -0.1) is 0 Å². The van der Waals surface area contributed by atoms with Gasteiger partial charge in [0.25, 0.3) is 0 Å². The van der Waals surface area contributed by atoms with Gasteiger partial charge in [0.05, 0.1) is 6.61 Å². The SMILES string of the molecule is CCCCCCCCCCCC(=O)NCCCCC(NC(=O)CCCCCCCCC)C(=O)OCCCCCCCCCCC[n+]1ccccc1. The average molecular weight is 715 g/mol. The fourth-order valence-electron chi connectivity index (χ4n) is 6.63. The lowest BCUT2D eigenvalue weighted by atomic mass is 10.1. The first-order chi connectivity index (χ1) is 25.1. The number of aryl methyl sites for hydroxylation is 1. The number of ether oxygens (including phenoxy) is 1. The third-order valence-electron chi connectivity index (χ3n) is 9.96. The third kappa shape index (κ3) is 30.9. The number of aromatic nitrogens is 1. The van der Waals surface area contributed by atoms with E-state index in [1.54, 1.807) is 0 Å². The molecule has 1 aromatic heterocycles. The van der Waals surface area contributed by atoms with Crippen LogP contribution in [-0.4, -0.2) is 37.0 Å². The monoisotopic (exact) mass is 715 g/mol. The lowest BCUT2D eigenvalue weighted by molar-refractivity contribution is -0.697. The first-order valence-electron chi connectivity index (χ1n) is 21.7. The molecule has 2 amide bonds. The van der Waals surface area contributed by atoms with E-state index in [-0.39, 0.29) is 17.8 Å². The van der Waals surface area contributed by atoms with Crippen molar-refractivity contribution in [2.24, 2.45) is 0 Å². The summed E-state index contributed by atoms with van der Waals surface area (Å²) in [7, 11) is 0. The first-order valence-corrected chi connectivity index (χ1v) is 21.7. The zero-order valence-corrected chi connectivity index (χ0v) is 33.4. The maximum atomic E-state index is 13.0. The summed E-state index contributed by atoms with van der Waals surface area (Å²) in [5, 5.41) is 6.03. The summed E-state index contributed by atoms with van der Waals surface area (Å²) < 4.78 is 7.91. The Morgan fingerprint density at radius 2 is 1.00 bits per heavy atom. The number of nitrogens with zero attached hydrogens (tertiary/aromatic N) is 1. The van der Waals surface area contributed by atoms with Crippen molar-refractivity contribution >= 4 is 17.8 Å². The predicted octanol–water partition coefficient (Wildman–Crippen LogP) is 10.9. The van der Waals surface area contributed by atoms with Gasteiger partial charge in [0, 0.05) is 37.9 Å². The van der Waals surface area contributed by atoms with Gasteiger partial charge >= 0.3 is 5.97 Å². The van der Waals surface area contributed by atoms with Crippen molar-refractivity contribution in [1.82, 2.24) is 10.6 Å². The Kier molecular flexibility index (Phi) is 32.8. The fraction of sp³-hybridized carbons (Fsp3) is 0.818. The number of esters is 1. The molecular weight excluding hydrogens is 635 g/mol. The van der Waals surface area contributed by atoms with Crippen LogP contribution in [0.1, 0.15) is 206 Å². The second kappa shape index (κ2) is 35.9. The van der Waals surface area contributed by atoms with Crippen LogP contribution < -0.4 is 15.2 Å². The Balaban J connectivity index is 2.23. The van der Waals surface area contributed by atoms with Crippen LogP contribution in [0.5, 0.6) is 0 Å². The van der Waals surface area contributed by atoms with Crippen LogP contribution in [0.3, 0.4) is 0 Å². The van der Waals surface area contributed by atoms with E-state index in [2.05, 4.69) is 59.6 Å². The van der Waals surface area contributed by atoms with Crippen molar-refractivity contribution in [1.29, 1.82) is 0 Å². The molecule has 0 aliphatic rings. The summed E-state index contributed by atoms with van der Waals surface area (Å²) in [6, 6.07) is 5.61. The van der Waals surface area contributed by atoms with Crippen molar-refractivity contribution in [3.8, 4) is 0 Å². The molecule has 0 saturated carbocycles. The van der Waals surface area contributed by atoms with Crippen LogP contribution in [0, 0.1) is 0 Å². The molecule has 7 nitrogen and oxygen atoms in total. The second-order valence-corrected chi connectivity index (χ2v) is 14.9. The molecule has 51 heavy (non-hydrogen) atoms. The number of hydrogen-bond donors (Lipinski definition) is 2. The molecule has 0 aliphatic carbocycles. The van der Waals surface area contributed by atoms with Crippen LogP contribution in [0.4, 0.5) is 0 Å². The summed E-state index contributed by atoms with van der Waals surface area (Å²) in [4.78, 5) is 38.1. The van der Waals surface area contributed by atoms with Gasteiger partial charge in [0.2, 0.25) is 11.8 Å². The van der Waals surface area contributed by atoms with Crippen molar-refractivity contribution < 1.29 is 23.7 Å². The number of carbonyl (C=O) groups excluding carboxylic acids is 3. The Labute approximate surface area is 314 Å². The van der Waals surface area contributed by atoms with Crippen LogP contribution in [-0.2, 0) is 25.7 Å². The van der Waals surface area contributed by atoms with E-state index in [1.165, 1.54) is 116 Å². The van der Waals surface area contributed by atoms with Gasteiger partial charge in [-0.3, -0.25) is 9.59 Å². The van der Waals surface area contributed by atoms with Gasteiger partial charge in [-0.1, -0.05) is 148 Å². The van der Waals surface area contributed by atoms with E-state index in [1.807, 2.05) is 0 Å². The van der Waals surface area contributed by atoms with Crippen LogP contribution in [0.25, 0.3) is 0 Å². The Morgan fingerprint density at radius 1 is 0.529 bits per heavy atom. The number of carbonyl (C=O) groups is 3. The molecule has 0 bridgehead atoms. The average Bonchev–Trinajstić information content (AvgIpc) is 3.14. The standard InChI is InChI=1S/C44H79N3O4/c1-3-5-7-9-11-13-17-20-25-34-42(48)45-36-28-27-33-41(46-43(49)35-26-21-16-10-8-6-4-2)44(50)51-40-32-23-19-15-12-14-18-22-29-37-47-38-30-24-31-39-47/h24,30-31,38-39,41H,3-23,25-29,32-37,40H2,1-2H3,(H-,45,46,48,49)/p+1.